The lowest BCUT2D eigenvalue weighted by Crippen LogP contribution is -2.45. The molecular formula is C20H13ClF6N4O. The van der Waals surface area contributed by atoms with E-state index < -0.39 is 46.2 Å². The molecule has 1 aromatic heterocycles. The number of benzene rings is 2. The molecule has 0 bridgehead atoms. The number of hydrogen-bond acceptors (Lipinski definition) is 3. The van der Waals surface area contributed by atoms with Crippen LogP contribution in [0.3, 0.4) is 0 Å². The monoisotopic (exact) mass is 474 g/mol. The summed E-state index contributed by atoms with van der Waals surface area (Å²) in [5.74, 6) is -4.83. The number of fused-ring (bicyclic) bond motifs is 1. The van der Waals surface area contributed by atoms with Crippen molar-refractivity contribution in [3.63, 3.8) is 0 Å². The molecule has 1 aliphatic heterocycles. The van der Waals surface area contributed by atoms with Gasteiger partial charge in [0.05, 0.1) is 22.7 Å². The van der Waals surface area contributed by atoms with Crippen molar-refractivity contribution in [3.8, 4) is 11.4 Å². The molecular weight excluding hydrogens is 462 g/mol. The van der Waals surface area contributed by atoms with Gasteiger partial charge in [-0.05, 0) is 31.2 Å². The zero-order valence-corrected chi connectivity index (χ0v) is 17.0. The minimum Gasteiger partial charge on any atom is -0.327 e. The first-order chi connectivity index (χ1) is 15.0. The average molecular weight is 475 g/mol. The Balaban J connectivity index is 1.67. The Kier molecular flexibility index (Phi) is 5.40. The summed E-state index contributed by atoms with van der Waals surface area (Å²) in [6.45, 7) is 1.59. The standard InChI is InChI=1S/C20H13ClF6N4O/c1-9-7-31-15(28-29-18(31)10-5-13(22)17(24)14(23)6-10)8-30(9)19(32)11-3-2-4-12(16(11)21)20(25,26)27/h2-6,9H,7-8H2,1H3. The molecule has 2 heterocycles. The molecule has 32 heavy (non-hydrogen) atoms. The van der Waals surface area contributed by atoms with Crippen molar-refractivity contribution in [1.29, 1.82) is 0 Å². The minimum absolute atomic E-state index is 0.0481. The number of carbonyl (C=O) groups excluding carboxylic acids is 1. The van der Waals surface area contributed by atoms with Gasteiger partial charge in [-0.25, -0.2) is 13.2 Å². The van der Waals surface area contributed by atoms with Gasteiger partial charge in [-0.3, -0.25) is 4.79 Å². The molecule has 168 valence electrons. The molecule has 0 fully saturated rings. The summed E-state index contributed by atoms with van der Waals surface area (Å²) in [5.41, 5.74) is -1.49. The number of hydrogen-bond donors (Lipinski definition) is 0. The van der Waals surface area contributed by atoms with Crippen LogP contribution < -0.4 is 0 Å². The van der Waals surface area contributed by atoms with Gasteiger partial charge in [0, 0.05) is 18.2 Å². The smallest absolute Gasteiger partial charge is 0.327 e. The van der Waals surface area contributed by atoms with Crippen molar-refractivity contribution >= 4 is 17.5 Å². The van der Waals surface area contributed by atoms with Gasteiger partial charge < -0.3 is 9.47 Å². The Bertz CT molecular complexity index is 1200. The predicted molar refractivity (Wildman–Crippen MR) is 101 cm³/mol. The molecule has 0 spiro atoms. The normalized spacial score (nSPS) is 16.2. The van der Waals surface area contributed by atoms with Crippen LogP contribution in [0, 0.1) is 17.5 Å². The summed E-state index contributed by atoms with van der Waals surface area (Å²) < 4.78 is 81.5. The van der Waals surface area contributed by atoms with Gasteiger partial charge in [0.2, 0.25) is 0 Å². The summed E-state index contributed by atoms with van der Waals surface area (Å²) in [6, 6.07) is 4.07. The Morgan fingerprint density at radius 2 is 1.78 bits per heavy atom. The topological polar surface area (TPSA) is 51.0 Å². The van der Waals surface area contributed by atoms with Gasteiger partial charge in [-0.1, -0.05) is 17.7 Å². The van der Waals surface area contributed by atoms with E-state index in [0.717, 1.165) is 24.3 Å². The van der Waals surface area contributed by atoms with Crippen LogP contribution in [0.15, 0.2) is 30.3 Å². The third-order valence-electron chi connectivity index (χ3n) is 5.16. The Hall–Kier alpha value is -3.08. The van der Waals surface area contributed by atoms with E-state index in [0.29, 0.717) is 0 Å². The zero-order chi connectivity index (χ0) is 23.4. The van der Waals surface area contributed by atoms with Crippen LogP contribution in [0.2, 0.25) is 5.02 Å². The van der Waals surface area contributed by atoms with Crippen molar-refractivity contribution in [2.45, 2.75) is 32.2 Å². The van der Waals surface area contributed by atoms with Gasteiger partial charge >= 0.3 is 6.18 Å². The van der Waals surface area contributed by atoms with Crippen LogP contribution in [0.1, 0.15) is 28.7 Å². The van der Waals surface area contributed by atoms with Crippen LogP contribution >= 0.6 is 11.6 Å². The lowest BCUT2D eigenvalue weighted by Gasteiger charge is -2.34. The van der Waals surface area contributed by atoms with E-state index in [9.17, 15) is 31.1 Å². The Labute approximate surface area is 182 Å². The number of amides is 1. The minimum atomic E-state index is -4.73. The molecule has 4 rings (SSSR count). The van der Waals surface area contributed by atoms with E-state index in [1.165, 1.54) is 15.5 Å². The molecule has 12 heteroatoms. The van der Waals surface area contributed by atoms with E-state index in [-0.39, 0.29) is 35.9 Å². The van der Waals surface area contributed by atoms with E-state index in [4.69, 9.17) is 11.6 Å². The van der Waals surface area contributed by atoms with E-state index >= 15 is 0 Å². The fourth-order valence-electron chi connectivity index (χ4n) is 3.56. The molecule has 0 saturated carbocycles. The van der Waals surface area contributed by atoms with Crippen LogP contribution in [-0.2, 0) is 19.3 Å². The van der Waals surface area contributed by atoms with E-state index in [2.05, 4.69) is 10.2 Å². The molecule has 1 aliphatic rings. The van der Waals surface area contributed by atoms with Crippen LogP contribution in [0.5, 0.6) is 0 Å². The first kappa shape index (κ1) is 22.1. The molecule has 1 unspecified atom stereocenters. The van der Waals surface area contributed by atoms with Crippen LogP contribution in [-0.4, -0.2) is 31.6 Å². The number of rotatable bonds is 2. The molecule has 0 N–H and O–H groups in total. The van der Waals surface area contributed by atoms with E-state index in [1.54, 1.807) is 6.92 Å². The third-order valence-corrected chi connectivity index (χ3v) is 5.56. The van der Waals surface area contributed by atoms with Gasteiger partial charge in [-0.15, -0.1) is 10.2 Å². The molecule has 0 saturated heterocycles. The fraction of sp³-hybridized carbons (Fsp3) is 0.250. The molecule has 1 atom stereocenters. The summed E-state index contributed by atoms with van der Waals surface area (Å²) in [4.78, 5) is 14.3. The highest BCUT2D eigenvalue weighted by Crippen LogP contribution is 2.37. The Morgan fingerprint density at radius 3 is 2.41 bits per heavy atom. The highest BCUT2D eigenvalue weighted by Gasteiger charge is 2.37. The maximum absolute atomic E-state index is 13.6. The molecule has 5 nitrogen and oxygen atoms in total. The number of carbonyl (C=O) groups is 1. The zero-order valence-electron chi connectivity index (χ0n) is 16.2. The highest BCUT2D eigenvalue weighted by atomic mass is 35.5. The molecule has 2 aromatic carbocycles. The second kappa shape index (κ2) is 7.80. The van der Waals surface area contributed by atoms with Crippen LogP contribution in [0.25, 0.3) is 11.4 Å². The highest BCUT2D eigenvalue weighted by molar-refractivity contribution is 6.34. The second-order valence-corrected chi connectivity index (χ2v) is 7.63. The quantitative estimate of drug-likeness (QED) is 0.384. The average Bonchev–Trinajstić information content (AvgIpc) is 3.12. The molecule has 1 amide bonds. The summed E-state index contributed by atoms with van der Waals surface area (Å²) >= 11 is 5.88. The molecule has 3 aromatic rings. The summed E-state index contributed by atoms with van der Waals surface area (Å²) in [6.07, 6.45) is -4.73. The maximum atomic E-state index is 13.6. The molecule has 0 aliphatic carbocycles. The van der Waals surface area contributed by atoms with Gasteiger partial charge in [-0.2, -0.15) is 13.2 Å². The number of aromatic nitrogens is 3. The summed E-state index contributed by atoms with van der Waals surface area (Å²) in [7, 11) is 0. The SMILES string of the molecule is CC1Cn2c(nnc2-c2cc(F)c(F)c(F)c2)CN1C(=O)c1cccc(C(F)(F)F)c1Cl. The van der Waals surface area contributed by atoms with Crippen molar-refractivity contribution in [2.24, 2.45) is 0 Å². The van der Waals surface area contributed by atoms with E-state index in [1.807, 2.05) is 0 Å². The number of halogens is 7. The lowest BCUT2D eigenvalue weighted by molar-refractivity contribution is -0.137. The first-order valence-corrected chi connectivity index (χ1v) is 9.60. The number of alkyl halides is 3. The van der Waals surface area contributed by atoms with Gasteiger partial charge in [0.15, 0.2) is 29.1 Å². The molecule has 0 radical (unpaired) electrons. The fourth-order valence-corrected chi connectivity index (χ4v) is 3.87. The third kappa shape index (κ3) is 3.70. The largest absolute Gasteiger partial charge is 0.417 e. The lowest BCUT2D eigenvalue weighted by atomic mass is 10.1. The van der Waals surface area contributed by atoms with Gasteiger partial charge in [0.25, 0.3) is 5.91 Å². The Morgan fingerprint density at radius 1 is 1.12 bits per heavy atom. The first-order valence-electron chi connectivity index (χ1n) is 9.22. The second-order valence-electron chi connectivity index (χ2n) is 7.25. The van der Waals surface area contributed by atoms with Crippen LogP contribution in [0.4, 0.5) is 26.3 Å². The predicted octanol–water partition coefficient (Wildman–Crippen LogP) is 5.08. The number of nitrogens with zero attached hydrogens (tertiary/aromatic N) is 4. The van der Waals surface area contributed by atoms with Gasteiger partial charge in [0.1, 0.15) is 0 Å². The maximum Gasteiger partial charge on any atom is 0.417 e. The van der Waals surface area contributed by atoms with Crippen molar-refractivity contribution in [2.75, 3.05) is 0 Å². The van der Waals surface area contributed by atoms with Crippen molar-refractivity contribution < 1.29 is 31.1 Å². The summed E-state index contributed by atoms with van der Waals surface area (Å²) in [5, 5.41) is 7.11. The van der Waals surface area contributed by atoms with Crippen molar-refractivity contribution in [1.82, 2.24) is 19.7 Å². The van der Waals surface area contributed by atoms with Crippen molar-refractivity contribution in [3.05, 3.63) is 69.8 Å².